The number of nitrogens with zero attached hydrogens (tertiary/aromatic N) is 2. The molecule has 4 N–H and O–H groups in total. The lowest BCUT2D eigenvalue weighted by molar-refractivity contribution is -0.122. The van der Waals surface area contributed by atoms with Gasteiger partial charge < -0.3 is 20.6 Å². The Morgan fingerprint density at radius 3 is 1.61 bits per heavy atom. The molecule has 160 valence electrons. The van der Waals surface area contributed by atoms with Crippen LogP contribution in [-0.4, -0.2) is 44.8 Å². The quantitative estimate of drug-likeness (QED) is 0.317. The summed E-state index contributed by atoms with van der Waals surface area (Å²) in [5.41, 5.74) is 3.84. The van der Waals surface area contributed by atoms with Crippen LogP contribution in [0.3, 0.4) is 0 Å². The molecule has 0 aliphatic heterocycles. The van der Waals surface area contributed by atoms with Crippen molar-refractivity contribution in [2.75, 3.05) is 13.1 Å². The van der Waals surface area contributed by atoms with Crippen molar-refractivity contribution in [2.45, 2.75) is 32.1 Å². The summed E-state index contributed by atoms with van der Waals surface area (Å²) >= 11 is 0. The van der Waals surface area contributed by atoms with Crippen molar-refractivity contribution in [1.82, 2.24) is 30.6 Å². The normalized spacial score (nSPS) is 11.1. The van der Waals surface area contributed by atoms with Crippen LogP contribution in [0.15, 0.2) is 48.5 Å². The monoisotopic (exact) mass is 418 g/mol. The molecule has 0 fully saturated rings. The second-order valence-electron chi connectivity index (χ2n) is 7.45. The number of benzene rings is 2. The first-order valence-electron chi connectivity index (χ1n) is 10.6. The molecule has 4 aromatic rings. The third-order valence-corrected chi connectivity index (χ3v) is 5.05. The van der Waals surface area contributed by atoms with Gasteiger partial charge in [-0.05, 0) is 30.7 Å². The zero-order valence-electron chi connectivity index (χ0n) is 17.3. The lowest BCUT2D eigenvalue weighted by atomic mass is 10.2. The molecule has 0 atom stereocenters. The van der Waals surface area contributed by atoms with E-state index in [1.165, 1.54) is 0 Å². The van der Waals surface area contributed by atoms with Crippen molar-refractivity contribution in [1.29, 1.82) is 0 Å². The standard InChI is InChI=1S/C23H26N6O2/c30-22(24-14-12-20-26-16-6-1-2-7-17(16)27-20)10-5-11-23(31)25-15-13-21-28-18-8-3-4-9-19(18)29-21/h1-4,6-9H,5,10-15H2,(H,24,30)(H,25,31)(H,26,27)(H,28,29). The van der Waals surface area contributed by atoms with E-state index in [4.69, 9.17) is 0 Å². The highest BCUT2D eigenvalue weighted by Gasteiger charge is 2.07. The van der Waals surface area contributed by atoms with Gasteiger partial charge in [0.15, 0.2) is 0 Å². The van der Waals surface area contributed by atoms with Crippen LogP contribution in [0.2, 0.25) is 0 Å². The molecule has 4 rings (SSSR count). The minimum absolute atomic E-state index is 0.0498. The van der Waals surface area contributed by atoms with Crippen LogP contribution in [0.1, 0.15) is 30.9 Å². The van der Waals surface area contributed by atoms with Crippen molar-refractivity contribution in [3.63, 3.8) is 0 Å². The predicted octanol–water partition coefficient (Wildman–Crippen LogP) is 2.63. The van der Waals surface area contributed by atoms with Crippen LogP contribution >= 0.6 is 0 Å². The largest absolute Gasteiger partial charge is 0.356 e. The van der Waals surface area contributed by atoms with Gasteiger partial charge in [0.25, 0.3) is 0 Å². The zero-order valence-corrected chi connectivity index (χ0v) is 17.3. The van der Waals surface area contributed by atoms with Crippen LogP contribution in [0, 0.1) is 0 Å². The summed E-state index contributed by atoms with van der Waals surface area (Å²) in [5, 5.41) is 5.77. The number of rotatable bonds is 10. The number of amides is 2. The van der Waals surface area contributed by atoms with Crippen molar-refractivity contribution < 1.29 is 9.59 Å². The fourth-order valence-electron chi connectivity index (χ4n) is 3.47. The van der Waals surface area contributed by atoms with Gasteiger partial charge in [0.1, 0.15) is 11.6 Å². The number of aromatic nitrogens is 4. The molecule has 8 heteroatoms. The van der Waals surface area contributed by atoms with Crippen molar-refractivity contribution in [3.05, 3.63) is 60.2 Å². The number of hydrogen-bond donors (Lipinski definition) is 4. The van der Waals surface area contributed by atoms with Crippen molar-refractivity contribution in [2.24, 2.45) is 0 Å². The Labute approximate surface area is 179 Å². The molecular weight excluding hydrogens is 392 g/mol. The SMILES string of the molecule is O=C(CCCC(=O)NCCc1nc2ccccc2[nH]1)NCCc1nc2ccccc2[nH]1. The number of fused-ring (bicyclic) bond motifs is 2. The second-order valence-corrected chi connectivity index (χ2v) is 7.45. The maximum absolute atomic E-state index is 12.0. The lowest BCUT2D eigenvalue weighted by Crippen LogP contribution is -2.28. The second kappa shape index (κ2) is 9.88. The summed E-state index contributed by atoms with van der Waals surface area (Å²) in [4.78, 5) is 39.4. The van der Waals surface area contributed by atoms with Gasteiger partial charge in [-0.3, -0.25) is 9.59 Å². The third-order valence-electron chi connectivity index (χ3n) is 5.05. The van der Waals surface area contributed by atoms with E-state index in [9.17, 15) is 9.59 Å². The number of hydrogen-bond acceptors (Lipinski definition) is 4. The molecule has 2 aromatic heterocycles. The predicted molar refractivity (Wildman–Crippen MR) is 119 cm³/mol. The first kappa shape index (κ1) is 20.6. The molecule has 0 bridgehead atoms. The minimum atomic E-state index is -0.0498. The van der Waals surface area contributed by atoms with E-state index in [1.54, 1.807) is 0 Å². The molecule has 0 radical (unpaired) electrons. The molecule has 0 saturated heterocycles. The van der Waals surface area contributed by atoms with Crippen LogP contribution in [0.4, 0.5) is 0 Å². The summed E-state index contributed by atoms with van der Waals surface area (Å²) in [7, 11) is 0. The summed E-state index contributed by atoms with van der Waals surface area (Å²) < 4.78 is 0. The molecule has 0 unspecified atom stereocenters. The maximum Gasteiger partial charge on any atom is 0.220 e. The van der Waals surface area contributed by atoms with Gasteiger partial charge in [0, 0.05) is 38.8 Å². The summed E-state index contributed by atoms with van der Waals surface area (Å²) in [5.74, 6) is 1.60. The Balaban J connectivity index is 1.08. The van der Waals surface area contributed by atoms with Gasteiger partial charge in [0.05, 0.1) is 22.1 Å². The Morgan fingerprint density at radius 1 is 0.710 bits per heavy atom. The van der Waals surface area contributed by atoms with Crippen LogP contribution < -0.4 is 10.6 Å². The summed E-state index contributed by atoms with van der Waals surface area (Å²) in [6.07, 6.45) is 2.46. The lowest BCUT2D eigenvalue weighted by Gasteiger charge is -2.05. The third kappa shape index (κ3) is 5.69. The van der Waals surface area contributed by atoms with Gasteiger partial charge >= 0.3 is 0 Å². The van der Waals surface area contributed by atoms with Crippen molar-refractivity contribution in [3.8, 4) is 0 Å². The van der Waals surface area contributed by atoms with Crippen LogP contribution in [0.25, 0.3) is 22.1 Å². The van der Waals surface area contributed by atoms with Gasteiger partial charge in [-0.15, -0.1) is 0 Å². The molecular formula is C23H26N6O2. The Kier molecular flexibility index (Phi) is 6.56. The molecule has 31 heavy (non-hydrogen) atoms. The maximum atomic E-state index is 12.0. The highest BCUT2D eigenvalue weighted by molar-refractivity contribution is 5.79. The number of para-hydroxylation sites is 4. The van der Waals surface area contributed by atoms with Crippen molar-refractivity contribution >= 4 is 33.9 Å². The van der Waals surface area contributed by atoms with Crippen LogP contribution in [-0.2, 0) is 22.4 Å². The number of nitrogens with one attached hydrogen (secondary N) is 4. The molecule has 2 amide bonds. The minimum Gasteiger partial charge on any atom is -0.356 e. The fourth-order valence-corrected chi connectivity index (χ4v) is 3.47. The van der Waals surface area contributed by atoms with E-state index >= 15 is 0 Å². The molecule has 0 saturated carbocycles. The van der Waals surface area contributed by atoms with Crippen LogP contribution in [0.5, 0.6) is 0 Å². The number of H-pyrrole nitrogens is 2. The van der Waals surface area contributed by atoms with E-state index in [0.29, 0.717) is 45.2 Å². The smallest absolute Gasteiger partial charge is 0.220 e. The first-order valence-corrected chi connectivity index (χ1v) is 10.6. The molecule has 0 aliphatic carbocycles. The number of carbonyl (C=O) groups excluding carboxylic acids is 2. The Hall–Kier alpha value is -3.68. The molecule has 0 aliphatic rings. The zero-order chi connectivity index (χ0) is 21.5. The summed E-state index contributed by atoms with van der Waals surface area (Å²) in [6, 6.07) is 15.7. The molecule has 2 heterocycles. The van der Waals surface area contributed by atoms with Gasteiger partial charge in [-0.2, -0.15) is 0 Å². The highest BCUT2D eigenvalue weighted by Crippen LogP contribution is 2.11. The van der Waals surface area contributed by atoms with Gasteiger partial charge in [0.2, 0.25) is 11.8 Å². The van der Waals surface area contributed by atoms with E-state index in [1.807, 2.05) is 48.5 Å². The van der Waals surface area contributed by atoms with E-state index in [0.717, 1.165) is 33.7 Å². The average Bonchev–Trinajstić information content (AvgIpc) is 3.36. The van der Waals surface area contributed by atoms with E-state index in [2.05, 4.69) is 30.6 Å². The number of aromatic amines is 2. The summed E-state index contributed by atoms with van der Waals surface area (Å²) in [6.45, 7) is 1.03. The highest BCUT2D eigenvalue weighted by atomic mass is 16.2. The number of carbonyl (C=O) groups is 2. The fraction of sp³-hybridized carbons (Fsp3) is 0.304. The Morgan fingerprint density at radius 2 is 1.16 bits per heavy atom. The van der Waals surface area contributed by atoms with Gasteiger partial charge in [-0.25, -0.2) is 9.97 Å². The van der Waals surface area contributed by atoms with Gasteiger partial charge in [-0.1, -0.05) is 24.3 Å². The molecule has 8 nitrogen and oxygen atoms in total. The molecule has 2 aromatic carbocycles. The first-order chi connectivity index (χ1) is 15.2. The Bertz CT molecular complexity index is 1020. The number of imidazole rings is 2. The molecule has 0 spiro atoms. The van der Waals surface area contributed by atoms with E-state index in [-0.39, 0.29) is 11.8 Å². The average molecular weight is 419 g/mol. The van der Waals surface area contributed by atoms with E-state index < -0.39 is 0 Å². The topological polar surface area (TPSA) is 116 Å².